The number of thioether (sulfide) groups is 1. The van der Waals surface area contributed by atoms with Gasteiger partial charge in [0.2, 0.25) is 0 Å². The molecular weight excluding hydrogens is 190 g/mol. The fourth-order valence-electron chi connectivity index (χ4n) is 1.04. The first-order chi connectivity index (χ1) is 6.72. The zero-order chi connectivity index (χ0) is 10.4. The van der Waals surface area contributed by atoms with Gasteiger partial charge in [-0.15, -0.1) is 11.8 Å². The smallest absolute Gasteiger partial charge is 0.0991 e. The van der Waals surface area contributed by atoms with Crippen LogP contribution in [0.15, 0.2) is 29.2 Å². The molecule has 0 N–H and O–H groups in total. The highest BCUT2D eigenvalue weighted by Crippen LogP contribution is 2.20. The van der Waals surface area contributed by atoms with Crippen molar-refractivity contribution in [2.45, 2.75) is 25.2 Å². The normalized spacial score (nSPS) is 10.1. The van der Waals surface area contributed by atoms with E-state index in [4.69, 9.17) is 5.26 Å². The molecule has 74 valence electrons. The van der Waals surface area contributed by atoms with Gasteiger partial charge in [-0.3, -0.25) is 0 Å². The largest absolute Gasteiger partial charge is 0.192 e. The highest BCUT2D eigenvalue weighted by atomic mass is 32.2. The molecule has 1 aromatic rings. The van der Waals surface area contributed by atoms with Crippen LogP contribution < -0.4 is 0 Å². The lowest BCUT2D eigenvalue weighted by atomic mass is 10.2. The Labute approximate surface area is 90.1 Å². The molecule has 0 radical (unpaired) electrons. The average Bonchev–Trinajstić information content (AvgIpc) is 2.18. The molecule has 14 heavy (non-hydrogen) atoms. The number of hydrogen-bond acceptors (Lipinski definition) is 2. The Hall–Kier alpha value is -0.940. The molecule has 0 bridgehead atoms. The third-order valence-corrected chi connectivity index (χ3v) is 2.99. The zero-order valence-corrected chi connectivity index (χ0v) is 9.47. The Morgan fingerprint density at radius 1 is 1.29 bits per heavy atom. The molecule has 0 aromatic heterocycles. The molecule has 0 aliphatic rings. The summed E-state index contributed by atoms with van der Waals surface area (Å²) in [4.78, 5) is 1.25. The third-order valence-electron chi connectivity index (χ3n) is 1.95. The van der Waals surface area contributed by atoms with Crippen molar-refractivity contribution in [1.29, 1.82) is 5.26 Å². The van der Waals surface area contributed by atoms with E-state index in [9.17, 15) is 0 Å². The summed E-state index contributed by atoms with van der Waals surface area (Å²) in [6, 6.07) is 9.90. The highest BCUT2D eigenvalue weighted by molar-refractivity contribution is 7.99. The van der Waals surface area contributed by atoms with Gasteiger partial charge in [0, 0.05) is 4.90 Å². The fraction of sp³-hybridized carbons (Fsp3) is 0.417. The lowest BCUT2D eigenvalue weighted by molar-refractivity contribution is 0.632. The number of rotatable bonds is 4. The van der Waals surface area contributed by atoms with Crippen molar-refractivity contribution in [1.82, 2.24) is 0 Å². The molecule has 1 aromatic carbocycles. The van der Waals surface area contributed by atoms with Crippen LogP contribution in [-0.4, -0.2) is 5.75 Å². The number of nitrogens with zero attached hydrogens (tertiary/aromatic N) is 1. The SMILES string of the molecule is CC(C)CCSc1ccc(C#N)cc1. The maximum atomic E-state index is 8.62. The predicted molar refractivity (Wildman–Crippen MR) is 61.3 cm³/mol. The van der Waals surface area contributed by atoms with Gasteiger partial charge in [0.15, 0.2) is 0 Å². The minimum Gasteiger partial charge on any atom is -0.192 e. The van der Waals surface area contributed by atoms with Crippen molar-refractivity contribution >= 4 is 11.8 Å². The molecular formula is C12H15NS. The van der Waals surface area contributed by atoms with Crippen molar-refractivity contribution < 1.29 is 0 Å². The minimum absolute atomic E-state index is 0.734. The zero-order valence-electron chi connectivity index (χ0n) is 8.66. The van der Waals surface area contributed by atoms with Gasteiger partial charge in [-0.1, -0.05) is 13.8 Å². The Morgan fingerprint density at radius 2 is 1.93 bits per heavy atom. The predicted octanol–water partition coefficient (Wildman–Crippen LogP) is 3.70. The molecule has 1 nitrogen and oxygen atoms in total. The summed E-state index contributed by atoms with van der Waals surface area (Å²) in [7, 11) is 0. The monoisotopic (exact) mass is 205 g/mol. The summed E-state index contributed by atoms with van der Waals surface area (Å²) in [5, 5.41) is 8.62. The van der Waals surface area contributed by atoms with E-state index in [0.717, 1.165) is 17.2 Å². The Morgan fingerprint density at radius 3 is 2.43 bits per heavy atom. The van der Waals surface area contributed by atoms with Gasteiger partial charge in [-0.25, -0.2) is 0 Å². The van der Waals surface area contributed by atoms with Crippen molar-refractivity contribution in [3.05, 3.63) is 29.8 Å². The summed E-state index contributed by atoms with van der Waals surface area (Å²) in [5.74, 6) is 1.92. The van der Waals surface area contributed by atoms with Crippen LogP contribution in [0, 0.1) is 17.2 Å². The molecule has 0 heterocycles. The first-order valence-corrected chi connectivity index (χ1v) is 5.84. The average molecular weight is 205 g/mol. The summed E-state index contributed by atoms with van der Waals surface area (Å²) < 4.78 is 0. The van der Waals surface area contributed by atoms with Crippen molar-refractivity contribution in [2.24, 2.45) is 5.92 Å². The third kappa shape index (κ3) is 3.85. The molecule has 0 spiro atoms. The maximum absolute atomic E-state index is 8.62. The van der Waals surface area contributed by atoms with E-state index in [0.29, 0.717) is 0 Å². The number of benzene rings is 1. The van der Waals surface area contributed by atoms with E-state index in [-0.39, 0.29) is 0 Å². The Bertz CT molecular complexity index is 308. The standard InChI is InChI=1S/C12H15NS/c1-10(2)7-8-14-12-5-3-11(9-13)4-6-12/h3-6,10H,7-8H2,1-2H3. The van der Waals surface area contributed by atoms with Gasteiger partial charge in [0.05, 0.1) is 11.6 Å². The molecule has 0 fully saturated rings. The van der Waals surface area contributed by atoms with Crippen molar-refractivity contribution in [2.75, 3.05) is 5.75 Å². The van der Waals surface area contributed by atoms with Gasteiger partial charge < -0.3 is 0 Å². The summed E-state index contributed by atoms with van der Waals surface area (Å²) >= 11 is 1.86. The minimum atomic E-state index is 0.734. The fourth-order valence-corrected chi connectivity index (χ4v) is 2.19. The van der Waals surface area contributed by atoms with Crippen LogP contribution in [-0.2, 0) is 0 Å². The van der Waals surface area contributed by atoms with Crippen LogP contribution in [0.1, 0.15) is 25.8 Å². The van der Waals surface area contributed by atoms with Crippen LogP contribution in [0.5, 0.6) is 0 Å². The highest BCUT2D eigenvalue weighted by Gasteiger charge is 1.97. The second kappa shape index (κ2) is 5.72. The van der Waals surface area contributed by atoms with E-state index < -0.39 is 0 Å². The molecule has 0 aliphatic heterocycles. The van der Waals surface area contributed by atoms with Crippen LogP contribution in [0.2, 0.25) is 0 Å². The summed E-state index contributed by atoms with van der Waals surface area (Å²) in [5.41, 5.74) is 0.734. The number of hydrogen-bond donors (Lipinski definition) is 0. The maximum Gasteiger partial charge on any atom is 0.0991 e. The quantitative estimate of drug-likeness (QED) is 0.700. The first-order valence-electron chi connectivity index (χ1n) is 4.85. The second-order valence-corrected chi connectivity index (χ2v) is 4.84. The van der Waals surface area contributed by atoms with Gasteiger partial charge in [-0.2, -0.15) is 5.26 Å². The van der Waals surface area contributed by atoms with Gasteiger partial charge >= 0.3 is 0 Å². The van der Waals surface area contributed by atoms with Crippen molar-refractivity contribution in [3.63, 3.8) is 0 Å². The van der Waals surface area contributed by atoms with Gasteiger partial charge in [-0.05, 0) is 42.4 Å². The van der Waals surface area contributed by atoms with E-state index in [2.05, 4.69) is 19.9 Å². The van der Waals surface area contributed by atoms with Crippen LogP contribution in [0.3, 0.4) is 0 Å². The topological polar surface area (TPSA) is 23.8 Å². The van der Waals surface area contributed by atoms with Gasteiger partial charge in [0.25, 0.3) is 0 Å². The van der Waals surface area contributed by atoms with Crippen molar-refractivity contribution in [3.8, 4) is 6.07 Å². The Kier molecular flexibility index (Phi) is 4.55. The second-order valence-electron chi connectivity index (χ2n) is 3.67. The molecule has 0 saturated heterocycles. The molecule has 1 rings (SSSR count). The summed E-state index contributed by atoms with van der Waals surface area (Å²) in [6.07, 6.45) is 1.24. The molecule has 0 amide bonds. The molecule has 0 aliphatic carbocycles. The number of nitriles is 1. The Balaban J connectivity index is 2.41. The molecule has 0 atom stereocenters. The lowest BCUT2D eigenvalue weighted by Crippen LogP contribution is -1.89. The van der Waals surface area contributed by atoms with E-state index in [1.165, 1.54) is 11.3 Å². The van der Waals surface area contributed by atoms with Crippen LogP contribution in [0.25, 0.3) is 0 Å². The molecule has 0 saturated carbocycles. The van der Waals surface area contributed by atoms with Crippen LogP contribution in [0.4, 0.5) is 0 Å². The lowest BCUT2D eigenvalue weighted by Gasteiger charge is -2.03. The molecule has 0 unspecified atom stereocenters. The van der Waals surface area contributed by atoms with E-state index in [1.807, 2.05) is 36.0 Å². The van der Waals surface area contributed by atoms with Crippen LogP contribution >= 0.6 is 11.8 Å². The van der Waals surface area contributed by atoms with E-state index in [1.54, 1.807) is 0 Å². The first kappa shape index (κ1) is 11.1. The van der Waals surface area contributed by atoms with Gasteiger partial charge in [0.1, 0.15) is 0 Å². The molecule has 2 heteroatoms. The summed E-state index contributed by atoms with van der Waals surface area (Å²) in [6.45, 7) is 4.47. The van der Waals surface area contributed by atoms with E-state index >= 15 is 0 Å².